The van der Waals surface area contributed by atoms with Crippen molar-refractivity contribution in [2.24, 2.45) is 0 Å². The summed E-state index contributed by atoms with van der Waals surface area (Å²) < 4.78 is 14.1. The van der Waals surface area contributed by atoms with Crippen molar-refractivity contribution in [3.63, 3.8) is 0 Å². The van der Waals surface area contributed by atoms with Crippen molar-refractivity contribution in [3.05, 3.63) is 60.9 Å². The molecule has 100 valence electrons. The lowest BCUT2D eigenvalue weighted by atomic mass is 10.1. The molecule has 2 aromatic rings. The molecule has 0 radical (unpaired) electrons. The van der Waals surface area contributed by atoms with E-state index in [1.165, 1.54) is 12.1 Å². The second kappa shape index (κ2) is 5.84. The van der Waals surface area contributed by atoms with Gasteiger partial charge in [0.1, 0.15) is 16.1 Å². The highest BCUT2D eigenvalue weighted by Gasteiger charge is 2.12. The molecule has 0 atom stereocenters. The normalized spacial score (nSPS) is 10.7. The van der Waals surface area contributed by atoms with E-state index in [0.29, 0.717) is 33.0 Å². The van der Waals surface area contributed by atoms with Crippen LogP contribution in [-0.2, 0) is 12.8 Å². The highest BCUT2D eigenvalue weighted by molar-refractivity contribution is 9.10. The number of nitrogens with zero attached hydrogens (tertiary/aromatic N) is 1. The second-order valence-electron chi connectivity index (χ2n) is 4.00. The number of H-pyrrole nitrogens is 1. The Morgan fingerprint density at radius 1 is 1.47 bits per heavy atom. The lowest BCUT2D eigenvalue weighted by Crippen LogP contribution is -2.16. The van der Waals surface area contributed by atoms with Crippen LogP contribution < -0.4 is 5.56 Å². The van der Waals surface area contributed by atoms with Crippen molar-refractivity contribution in [2.45, 2.75) is 19.8 Å². The number of benzene rings is 1. The van der Waals surface area contributed by atoms with Gasteiger partial charge in [0.2, 0.25) is 0 Å². The Morgan fingerprint density at radius 3 is 2.84 bits per heavy atom. The number of hydrogen-bond donors (Lipinski definition) is 1. The molecule has 0 aliphatic heterocycles. The third-order valence-corrected chi connectivity index (χ3v) is 3.89. The Morgan fingerprint density at radius 2 is 2.21 bits per heavy atom. The van der Waals surface area contributed by atoms with Gasteiger partial charge in [0.25, 0.3) is 5.56 Å². The standard InChI is InChI=1S/C13H11BrClFN2O/c1-2-10-12(14)13(19)18-11(17-10)6-7-8(15)4-3-5-9(7)16/h3-5H,2,6H2,1H3,(H,17,18,19). The van der Waals surface area contributed by atoms with Crippen LogP contribution in [0.5, 0.6) is 0 Å². The maximum Gasteiger partial charge on any atom is 0.265 e. The molecular formula is C13H11BrClFN2O. The molecule has 0 bridgehead atoms. The molecule has 0 aliphatic rings. The molecule has 0 fully saturated rings. The predicted octanol–water partition coefficient (Wildman–Crippen LogP) is 3.48. The Hall–Kier alpha value is -1.20. The summed E-state index contributed by atoms with van der Waals surface area (Å²) in [6.07, 6.45) is 0.767. The topological polar surface area (TPSA) is 45.8 Å². The van der Waals surface area contributed by atoms with Crippen LogP contribution in [0.25, 0.3) is 0 Å². The molecule has 19 heavy (non-hydrogen) atoms. The fourth-order valence-corrected chi connectivity index (χ4v) is 2.44. The minimum Gasteiger partial charge on any atom is -0.309 e. The molecule has 0 unspecified atom stereocenters. The van der Waals surface area contributed by atoms with E-state index >= 15 is 0 Å². The number of halogens is 3. The van der Waals surface area contributed by atoms with Gasteiger partial charge in [0, 0.05) is 17.0 Å². The van der Waals surface area contributed by atoms with E-state index in [1.807, 2.05) is 6.92 Å². The van der Waals surface area contributed by atoms with Crippen LogP contribution in [0.2, 0.25) is 5.02 Å². The average Bonchev–Trinajstić information content (AvgIpc) is 2.38. The summed E-state index contributed by atoms with van der Waals surface area (Å²) in [5.74, 6) is -0.00633. The molecule has 0 saturated heterocycles. The molecule has 1 aromatic heterocycles. The van der Waals surface area contributed by atoms with Crippen LogP contribution in [-0.4, -0.2) is 9.97 Å². The van der Waals surface area contributed by atoms with Crippen LogP contribution >= 0.6 is 27.5 Å². The van der Waals surface area contributed by atoms with Crippen LogP contribution in [0.1, 0.15) is 24.0 Å². The zero-order valence-electron chi connectivity index (χ0n) is 10.1. The Balaban J connectivity index is 2.44. The van der Waals surface area contributed by atoms with E-state index in [2.05, 4.69) is 25.9 Å². The van der Waals surface area contributed by atoms with E-state index in [-0.39, 0.29) is 12.0 Å². The summed E-state index contributed by atoms with van der Waals surface area (Å²) >= 11 is 9.14. The summed E-state index contributed by atoms with van der Waals surface area (Å²) in [5.41, 5.74) is 0.706. The van der Waals surface area contributed by atoms with E-state index in [9.17, 15) is 9.18 Å². The van der Waals surface area contributed by atoms with Gasteiger partial charge in [-0.05, 0) is 34.5 Å². The molecule has 1 N–H and O–H groups in total. The molecule has 2 rings (SSSR count). The van der Waals surface area contributed by atoms with Crippen molar-refractivity contribution >= 4 is 27.5 Å². The highest BCUT2D eigenvalue weighted by Crippen LogP contribution is 2.21. The first kappa shape index (κ1) is 14.2. The zero-order valence-corrected chi connectivity index (χ0v) is 12.5. The molecule has 0 saturated carbocycles. The largest absolute Gasteiger partial charge is 0.309 e. The number of hydrogen-bond acceptors (Lipinski definition) is 2. The van der Waals surface area contributed by atoms with E-state index in [4.69, 9.17) is 11.6 Å². The minimum absolute atomic E-state index is 0.154. The van der Waals surface area contributed by atoms with Gasteiger partial charge in [-0.3, -0.25) is 4.79 Å². The Kier molecular flexibility index (Phi) is 4.37. The maximum atomic E-state index is 13.7. The van der Waals surface area contributed by atoms with Crippen molar-refractivity contribution in [2.75, 3.05) is 0 Å². The summed E-state index contributed by atoms with van der Waals surface area (Å²) in [5, 5.41) is 0.323. The highest BCUT2D eigenvalue weighted by atomic mass is 79.9. The van der Waals surface area contributed by atoms with Crippen LogP contribution in [0.15, 0.2) is 27.5 Å². The quantitative estimate of drug-likeness (QED) is 0.926. The SMILES string of the molecule is CCc1nc(Cc2c(F)cccc2Cl)[nH]c(=O)c1Br. The molecule has 0 aliphatic carbocycles. The lowest BCUT2D eigenvalue weighted by Gasteiger charge is -2.07. The molecule has 1 heterocycles. The van der Waals surface area contributed by atoms with Crippen molar-refractivity contribution in [3.8, 4) is 0 Å². The number of rotatable bonds is 3. The predicted molar refractivity (Wildman–Crippen MR) is 76.2 cm³/mol. The first-order chi connectivity index (χ1) is 9.02. The van der Waals surface area contributed by atoms with Gasteiger partial charge in [-0.1, -0.05) is 24.6 Å². The average molecular weight is 346 g/mol. The van der Waals surface area contributed by atoms with Gasteiger partial charge in [-0.2, -0.15) is 0 Å². The number of aromatic nitrogens is 2. The first-order valence-electron chi connectivity index (χ1n) is 5.73. The fraction of sp³-hybridized carbons (Fsp3) is 0.231. The summed E-state index contributed by atoms with van der Waals surface area (Å²) in [6.45, 7) is 1.90. The van der Waals surface area contributed by atoms with Gasteiger partial charge in [0.05, 0.1) is 5.69 Å². The number of aromatic amines is 1. The van der Waals surface area contributed by atoms with Gasteiger partial charge < -0.3 is 4.98 Å². The van der Waals surface area contributed by atoms with Gasteiger partial charge in [0.15, 0.2) is 0 Å². The van der Waals surface area contributed by atoms with Crippen molar-refractivity contribution < 1.29 is 4.39 Å². The molecule has 0 amide bonds. The van der Waals surface area contributed by atoms with Gasteiger partial charge in [-0.25, -0.2) is 9.37 Å². The van der Waals surface area contributed by atoms with Gasteiger partial charge in [-0.15, -0.1) is 0 Å². The summed E-state index contributed by atoms with van der Waals surface area (Å²) in [6, 6.07) is 4.48. The number of aryl methyl sites for hydroxylation is 1. The second-order valence-corrected chi connectivity index (χ2v) is 5.20. The Bertz CT molecular complexity index is 652. The molecule has 3 nitrogen and oxygen atoms in total. The number of nitrogens with one attached hydrogen (secondary N) is 1. The molecular weight excluding hydrogens is 335 g/mol. The molecule has 0 spiro atoms. The lowest BCUT2D eigenvalue weighted by molar-refractivity contribution is 0.611. The smallest absolute Gasteiger partial charge is 0.265 e. The van der Waals surface area contributed by atoms with Gasteiger partial charge >= 0.3 is 0 Å². The summed E-state index contributed by atoms with van der Waals surface area (Å²) in [7, 11) is 0. The monoisotopic (exact) mass is 344 g/mol. The molecule has 1 aromatic carbocycles. The zero-order chi connectivity index (χ0) is 14.0. The maximum absolute atomic E-state index is 13.7. The van der Waals surface area contributed by atoms with Crippen LogP contribution in [0.3, 0.4) is 0 Å². The van der Waals surface area contributed by atoms with Crippen LogP contribution in [0, 0.1) is 5.82 Å². The summed E-state index contributed by atoms with van der Waals surface area (Å²) in [4.78, 5) is 18.6. The third-order valence-electron chi connectivity index (χ3n) is 2.72. The van der Waals surface area contributed by atoms with Crippen molar-refractivity contribution in [1.82, 2.24) is 9.97 Å². The minimum atomic E-state index is -0.406. The Labute approximate surface area is 123 Å². The van der Waals surface area contributed by atoms with Crippen molar-refractivity contribution in [1.29, 1.82) is 0 Å². The fourth-order valence-electron chi connectivity index (χ4n) is 1.74. The molecule has 6 heteroatoms. The van der Waals surface area contributed by atoms with E-state index in [0.717, 1.165) is 0 Å². The van der Waals surface area contributed by atoms with Crippen LogP contribution in [0.4, 0.5) is 4.39 Å². The van der Waals surface area contributed by atoms with E-state index in [1.54, 1.807) is 6.07 Å². The van der Waals surface area contributed by atoms with E-state index < -0.39 is 5.82 Å². The third kappa shape index (κ3) is 3.04. The first-order valence-corrected chi connectivity index (χ1v) is 6.90.